The van der Waals surface area contributed by atoms with Crippen LogP contribution in [-0.2, 0) is 4.79 Å². The predicted molar refractivity (Wildman–Crippen MR) is 115 cm³/mol. The van der Waals surface area contributed by atoms with Crippen LogP contribution in [0.3, 0.4) is 0 Å². The van der Waals surface area contributed by atoms with Crippen molar-refractivity contribution in [2.75, 3.05) is 36.8 Å². The summed E-state index contributed by atoms with van der Waals surface area (Å²) in [5.74, 6) is 1.94. The number of aromatic nitrogens is 3. The number of thioether (sulfide) groups is 1. The van der Waals surface area contributed by atoms with Gasteiger partial charge in [-0.25, -0.2) is 15.0 Å². The molecule has 6 nitrogen and oxygen atoms in total. The molecule has 0 N–H and O–H groups in total. The molecule has 0 radical (unpaired) electrons. The minimum absolute atomic E-state index is 0.219. The third-order valence-corrected chi connectivity index (χ3v) is 7.20. The van der Waals surface area contributed by atoms with Crippen LogP contribution < -0.4 is 4.90 Å². The Morgan fingerprint density at radius 1 is 1.14 bits per heavy atom. The lowest BCUT2D eigenvalue weighted by Crippen LogP contribution is -2.49. The molecule has 1 amide bonds. The summed E-state index contributed by atoms with van der Waals surface area (Å²) in [5.41, 5.74) is 1.25. The molecule has 146 valence electrons. The molecule has 1 fully saturated rings. The second kappa shape index (κ2) is 8.45. The van der Waals surface area contributed by atoms with Crippen molar-refractivity contribution in [2.45, 2.75) is 25.3 Å². The lowest BCUT2D eigenvalue weighted by atomic mass is 10.2. The number of hydrogen-bond acceptors (Lipinski definition) is 7. The maximum atomic E-state index is 12.6. The first-order chi connectivity index (χ1) is 13.6. The van der Waals surface area contributed by atoms with Crippen molar-refractivity contribution in [2.24, 2.45) is 0 Å². The lowest BCUT2D eigenvalue weighted by molar-refractivity contribution is -0.131. The van der Waals surface area contributed by atoms with Crippen molar-refractivity contribution in [3.63, 3.8) is 0 Å². The highest BCUT2D eigenvalue weighted by atomic mass is 32.2. The van der Waals surface area contributed by atoms with Crippen molar-refractivity contribution in [1.82, 2.24) is 19.9 Å². The highest BCUT2D eigenvalue weighted by molar-refractivity contribution is 7.99. The summed E-state index contributed by atoms with van der Waals surface area (Å²) in [5, 5.41) is 2.13. The van der Waals surface area contributed by atoms with Crippen LogP contribution in [0.15, 0.2) is 35.7 Å². The van der Waals surface area contributed by atoms with E-state index < -0.39 is 0 Å². The van der Waals surface area contributed by atoms with E-state index in [0.717, 1.165) is 53.0 Å². The molecule has 0 bridgehead atoms. The van der Waals surface area contributed by atoms with E-state index in [1.165, 1.54) is 10.4 Å². The van der Waals surface area contributed by atoms with Gasteiger partial charge in [-0.1, -0.05) is 6.07 Å². The zero-order valence-corrected chi connectivity index (χ0v) is 17.7. The van der Waals surface area contributed by atoms with Gasteiger partial charge >= 0.3 is 0 Å². The zero-order chi connectivity index (χ0) is 19.5. The summed E-state index contributed by atoms with van der Waals surface area (Å²) in [6.07, 6.45) is 3.96. The van der Waals surface area contributed by atoms with Gasteiger partial charge in [0.1, 0.15) is 22.0 Å². The fourth-order valence-electron chi connectivity index (χ4n) is 3.38. The molecule has 1 aliphatic rings. The van der Waals surface area contributed by atoms with Crippen LogP contribution in [-0.4, -0.2) is 57.7 Å². The highest BCUT2D eigenvalue weighted by Crippen LogP contribution is 2.34. The molecule has 0 aliphatic carbocycles. The smallest absolute Gasteiger partial charge is 0.223 e. The van der Waals surface area contributed by atoms with Gasteiger partial charge in [0.2, 0.25) is 5.91 Å². The zero-order valence-electron chi connectivity index (χ0n) is 16.1. The van der Waals surface area contributed by atoms with E-state index >= 15 is 0 Å². The van der Waals surface area contributed by atoms with Gasteiger partial charge in [-0.2, -0.15) is 0 Å². The molecule has 4 rings (SSSR count). The molecular weight excluding hydrogens is 390 g/mol. The van der Waals surface area contributed by atoms with Crippen molar-refractivity contribution < 1.29 is 4.79 Å². The molecule has 1 saturated heterocycles. The van der Waals surface area contributed by atoms with Gasteiger partial charge in [0.15, 0.2) is 0 Å². The fourth-order valence-corrected chi connectivity index (χ4v) is 5.43. The largest absolute Gasteiger partial charge is 0.353 e. The van der Waals surface area contributed by atoms with Crippen LogP contribution in [0.1, 0.15) is 16.9 Å². The number of thiophene rings is 1. The first kappa shape index (κ1) is 19.1. The van der Waals surface area contributed by atoms with Crippen molar-refractivity contribution in [3.8, 4) is 0 Å². The first-order valence-corrected chi connectivity index (χ1v) is 11.2. The molecule has 8 heteroatoms. The minimum Gasteiger partial charge on any atom is -0.353 e. The topological polar surface area (TPSA) is 62.2 Å². The average Bonchev–Trinajstić information content (AvgIpc) is 3.03. The van der Waals surface area contributed by atoms with Gasteiger partial charge < -0.3 is 9.80 Å². The van der Waals surface area contributed by atoms with E-state index in [9.17, 15) is 4.79 Å². The predicted octanol–water partition coefficient (Wildman–Crippen LogP) is 3.53. The Hall–Kier alpha value is -2.19. The molecule has 0 aromatic carbocycles. The molecule has 3 aromatic rings. The quantitative estimate of drug-likeness (QED) is 0.471. The molecule has 28 heavy (non-hydrogen) atoms. The number of hydrogen-bond donors (Lipinski definition) is 0. The highest BCUT2D eigenvalue weighted by Gasteiger charge is 2.21. The molecule has 0 saturated carbocycles. The summed E-state index contributed by atoms with van der Waals surface area (Å²) in [6.45, 7) is 7.39. The van der Waals surface area contributed by atoms with Crippen molar-refractivity contribution in [3.05, 3.63) is 41.2 Å². The summed E-state index contributed by atoms with van der Waals surface area (Å²) in [7, 11) is 0. The summed E-state index contributed by atoms with van der Waals surface area (Å²) < 4.78 is 0. The Balaban J connectivity index is 1.30. The van der Waals surface area contributed by atoms with Gasteiger partial charge in [-0.3, -0.25) is 4.79 Å². The van der Waals surface area contributed by atoms with E-state index in [0.29, 0.717) is 6.42 Å². The van der Waals surface area contributed by atoms with E-state index in [4.69, 9.17) is 0 Å². The monoisotopic (exact) mass is 413 g/mol. The molecule has 0 atom stereocenters. The summed E-state index contributed by atoms with van der Waals surface area (Å²) in [6, 6.07) is 5.94. The number of rotatable bonds is 5. The maximum Gasteiger partial charge on any atom is 0.223 e. The van der Waals surface area contributed by atoms with E-state index in [1.54, 1.807) is 29.4 Å². The third-order valence-electron chi connectivity index (χ3n) is 5.09. The number of anilines is 1. The Morgan fingerprint density at radius 2 is 1.96 bits per heavy atom. The number of carbonyl (C=O) groups excluding carboxylic acids is 1. The van der Waals surface area contributed by atoms with Crippen molar-refractivity contribution in [1.29, 1.82) is 0 Å². The van der Waals surface area contributed by atoms with E-state index in [-0.39, 0.29) is 5.91 Å². The lowest BCUT2D eigenvalue weighted by Gasteiger charge is -2.35. The number of amides is 1. The fraction of sp³-hybridized carbons (Fsp3) is 0.400. The van der Waals surface area contributed by atoms with Crippen LogP contribution in [0, 0.1) is 13.8 Å². The number of fused-ring (bicyclic) bond motifs is 1. The van der Waals surface area contributed by atoms with Gasteiger partial charge in [0.05, 0.1) is 0 Å². The summed E-state index contributed by atoms with van der Waals surface area (Å²) in [4.78, 5) is 32.4. The van der Waals surface area contributed by atoms with Crippen LogP contribution >= 0.6 is 23.1 Å². The second-order valence-electron chi connectivity index (χ2n) is 6.80. The first-order valence-electron chi connectivity index (χ1n) is 9.40. The van der Waals surface area contributed by atoms with Crippen LogP contribution in [0.4, 0.5) is 5.82 Å². The number of pyridine rings is 1. The molecule has 0 unspecified atom stereocenters. The molecule has 0 spiro atoms. The Bertz CT molecular complexity index is 967. The van der Waals surface area contributed by atoms with E-state index in [2.05, 4.69) is 33.7 Å². The molecule has 4 heterocycles. The van der Waals surface area contributed by atoms with Gasteiger partial charge in [0.25, 0.3) is 0 Å². The van der Waals surface area contributed by atoms with E-state index in [1.807, 2.05) is 29.3 Å². The molecular formula is C20H23N5OS2. The van der Waals surface area contributed by atoms with Crippen LogP contribution in [0.25, 0.3) is 10.2 Å². The third kappa shape index (κ3) is 3.98. The number of nitrogens with zero attached hydrogens (tertiary/aromatic N) is 5. The number of carbonyl (C=O) groups is 1. The normalized spacial score (nSPS) is 14.6. The average molecular weight is 414 g/mol. The number of piperazine rings is 1. The number of aryl methyl sites for hydroxylation is 2. The summed E-state index contributed by atoms with van der Waals surface area (Å²) >= 11 is 3.36. The second-order valence-corrected chi connectivity index (χ2v) is 9.08. The molecule has 3 aromatic heterocycles. The SMILES string of the molecule is Cc1sc2ncnc(SCCC(=O)N3CCN(c4ccccn4)CC3)c2c1C. The van der Waals surface area contributed by atoms with Gasteiger partial charge in [-0.15, -0.1) is 23.1 Å². The Labute approximate surface area is 173 Å². The molecule has 1 aliphatic heterocycles. The van der Waals surface area contributed by atoms with Crippen molar-refractivity contribution >= 4 is 45.0 Å². The van der Waals surface area contributed by atoms with Crippen LogP contribution in [0.2, 0.25) is 0 Å². The standard InChI is InChI=1S/C20H23N5OS2/c1-14-15(2)28-20-18(14)19(22-13-23-20)27-12-6-17(26)25-10-8-24(9-11-25)16-5-3-4-7-21-16/h3-5,7,13H,6,8-12H2,1-2H3. The minimum atomic E-state index is 0.219. The maximum absolute atomic E-state index is 12.6. The van der Waals surface area contributed by atoms with Crippen LogP contribution in [0.5, 0.6) is 0 Å². The Morgan fingerprint density at radius 3 is 2.71 bits per heavy atom. The Kier molecular flexibility index (Phi) is 5.77. The van der Waals surface area contributed by atoms with Gasteiger partial charge in [0, 0.05) is 54.8 Å². The van der Waals surface area contributed by atoms with Gasteiger partial charge in [-0.05, 0) is 31.5 Å².